The first-order chi connectivity index (χ1) is 15.3. The quantitative estimate of drug-likeness (QED) is 0.296. The van der Waals surface area contributed by atoms with Gasteiger partial charge in [0.05, 0.1) is 28.2 Å². The Kier molecular flexibility index (Phi) is 7.96. The summed E-state index contributed by atoms with van der Waals surface area (Å²) in [6, 6.07) is 7.56. The van der Waals surface area contributed by atoms with Crippen LogP contribution in [-0.2, 0) is 0 Å². The number of benzene rings is 2. The first-order valence-corrected chi connectivity index (χ1v) is 12.2. The Labute approximate surface area is 199 Å². The molecule has 0 spiro atoms. The van der Waals surface area contributed by atoms with Gasteiger partial charge in [0, 0.05) is 10.6 Å². The molecule has 2 atom stereocenters. The molecule has 1 aliphatic rings. The molecule has 0 bridgehead atoms. The molecule has 0 fully saturated rings. The largest absolute Gasteiger partial charge is 0.489 e. The lowest BCUT2D eigenvalue weighted by Crippen LogP contribution is -2.21. The van der Waals surface area contributed by atoms with Crippen molar-refractivity contribution in [3.05, 3.63) is 40.4 Å². The van der Waals surface area contributed by atoms with Crippen LogP contribution in [0.1, 0.15) is 64.5 Å². The van der Waals surface area contributed by atoms with Crippen molar-refractivity contribution < 1.29 is 9.47 Å². The maximum absolute atomic E-state index is 8.53. The van der Waals surface area contributed by atoms with E-state index >= 15 is 0 Å². The van der Waals surface area contributed by atoms with Crippen molar-refractivity contribution in [1.29, 1.82) is 10.8 Å². The van der Waals surface area contributed by atoms with Crippen LogP contribution in [0.3, 0.4) is 0 Å². The van der Waals surface area contributed by atoms with Crippen LogP contribution in [0.5, 0.6) is 11.5 Å². The van der Waals surface area contributed by atoms with Crippen LogP contribution >= 0.6 is 23.4 Å². The highest BCUT2D eigenvalue weighted by molar-refractivity contribution is 7.99. The third kappa shape index (κ3) is 4.99. The summed E-state index contributed by atoms with van der Waals surface area (Å²) < 4.78 is 12.6. The third-order valence-electron chi connectivity index (χ3n) is 5.22. The summed E-state index contributed by atoms with van der Waals surface area (Å²) in [6.45, 7) is 8.18. The number of amidine groups is 2. The van der Waals surface area contributed by atoms with E-state index in [0.29, 0.717) is 38.2 Å². The molecule has 32 heavy (non-hydrogen) atoms. The zero-order chi connectivity index (χ0) is 23.4. The number of fused-ring (bicyclic) bond motifs is 1. The van der Waals surface area contributed by atoms with Crippen LogP contribution < -0.4 is 20.5 Å². The number of ether oxygens (including phenoxy) is 2. The van der Waals surface area contributed by atoms with Crippen LogP contribution in [0.25, 0.3) is 0 Å². The normalized spacial score (nSPS) is 14.7. The smallest absolute Gasteiger partial charge is 0.151 e. The van der Waals surface area contributed by atoms with Gasteiger partial charge in [0.25, 0.3) is 0 Å². The van der Waals surface area contributed by atoms with Gasteiger partial charge in [-0.3, -0.25) is 10.8 Å². The average molecular weight is 475 g/mol. The van der Waals surface area contributed by atoms with E-state index in [1.165, 1.54) is 11.8 Å². The Bertz CT molecular complexity index is 1030. The maximum atomic E-state index is 8.53. The molecule has 0 radical (unpaired) electrons. The van der Waals surface area contributed by atoms with Gasteiger partial charge in [0.15, 0.2) is 5.75 Å². The van der Waals surface area contributed by atoms with Gasteiger partial charge in [-0.25, -0.2) is 0 Å². The Morgan fingerprint density at radius 3 is 2.06 bits per heavy atom. The highest BCUT2D eigenvalue weighted by atomic mass is 35.5. The Hall–Kier alpha value is -2.38. The Balaban J connectivity index is 2.24. The van der Waals surface area contributed by atoms with Crippen LogP contribution in [0.2, 0.25) is 5.02 Å². The summed E-state index contributed by atoms with van der Waals surface area (Å²) in [5.41, 5.74) is 7.83. The number of anilines is 1. The highest BCUT2D eigenvalue weighted by Crippen LogP contribution is 2.51. The zero-order valence-corrected chi connectivity index (χ0v) is 20.5. The second-order valence-electron chi connectivity index (χ2n) is 8.00. The third-order valence-corrected chi connectivity index (χ3v) is 6.88. The molecule has 0 saturated heterocycles. The van der Waals surface area contributed by atoms with E-state index in [-0.39, 0.29) is 23.9 Å². The highest BCUT2D eigenvalue weighted by Gasteiger charge is 2.36. The van der Waals surface area contributed by atoms with Gasteiger partial charge in [-0.05, 0) is 38.8 Å². The molecule has 172 valence electrons. The molecule has 1 heterocycles. The number of halogens is 1. The fourth-order valence-corrected chi connectivity index (χ4v) is 5.03. The SMILES string of the molecule is CCCC(C)Oc1c(Cl)c(Sc2ccccc2N)c(OC(C)CCC)c2c1C(=N)NC2=N. The summed E-state index contributed by atoms with van der Waals surface area (Å²) >= 11 is 8.35. The van der Waals surface area contributed by atoms with Crippen molar-refractivity contribution in [2.45, 2.75) is 75.4 Å². The molecular weight excluding hydrogens is 444 g/mol. The van der Waals surface area contributed by atoms with E-state index < -0.39 is 0 Å². The second-order valence-corrected chi connectivity index (χ2v) is 9.43. The van der Waals surface area contributed by atoms with Gasteiger partial charge in [0.2, 0.25) is 0 Å². The number of hydrogen-bond donors (Lipinski definition) is 4. The van der Waals surface area contributed by atoms with Gasteiger partial charge in [-0.2, -0.15) is 0 Å². The van der Waals surface area contributed by atoms with Gasteiger partial charge < -0.3 is 20.5 Å². The van der Waals surface area contributed by atoms with Crippen LogP contribution in [0, 0.1) is 10.8 Å². The first-order valence-electron chi connectivity index (χ1n) is 11.0. The number of hydrogen-bond acceptors (Lipinski definition) is 6. The molecule has 2 unspecified atom stereocenters. The summed E-state index contributed by atoms with van der Waals surface area (Å²) in [5, 5.41) is 20.2. The van der Waals surface area contributed by atoms with Crippen molar-refractivity contribution >= 4 is 40.7 Å². The van der Waals surface area contributed by atoms with Crippen LogP contribution in [0.4, 0.5) is 5.69 Å². The molecule has 8 heteroatoms. The molecule has 2 aromatic rings. The standard InChI is InChI=1S/C24H31ClN4O2S/c1-5-9-13(3)30-20-17-18(24(28)29-23(17)27)21(31-14(4)10-6-2)22(19(20)25)32-16-12-8-7-11-15(16)26/h7-8,11-14H,5-6,9-10,26H2,1-4H3,(H3,27,28,29). The van der Waals surface area contributed by atoms with Crippen LogP contribution in [-0.4, -0.2) is 23.9 Å². The fourth-order valence-electron chi connectivity index (χ4n) is 3.71. The molecule has 0 saturated carbocycles. The van der Waals surface area contributed by atoms with E-state index in [1.54, 1.807) is 0 Å². The minimum Gasteiger partial charge on any atom is -0.489 e. The molecule has 6 nitrogen and oxygen atoms in total. The molecule has 0 amide bonds. The zero-order valence-electron chi connectivity index (χ0n) is 19.0. The van der Waals surface area contributed by atoms with Crippen molar-refractivity contribution in [2.75, 3.05) is 5.73 Å². The lowest BCUT2D eigenvalue weighted by atomic mass is 10.1. The van der Waals surface area contributed by atoms with Gasteiger partial charge in [0.1, 0.15) is 22.4 Å². The average Bonchev–Trinajstić information content (AvgIpc) is 3.03. The lowest BCUT2D eigenvalue weighted by Gasteiger charge is -2.24. The van der Waals surface area contributed by atoms with E-state index in [0.717, 1.165) is 30.6 Å². The van der Waals surface area contributed by atoms with Crippen molar-refractivity contribution in [3.63, 3.8) is 0 Å². The molecule has 2 aromatic carbocycles. The summed E-state index contributed by atoms with van der Waals surface area (Å²) in [4.78, 5) is 1.48. The number of nitrogens with one attached hydrogen (secondary N) is 3. The molecular formula is C24H31ClN4O2S. The second kappa shape index (κ2) is 10.5. The van der Waals surface area contributed by atoms with Crippen molar-refractivity contribution in [3.8, 4) is 11.5 Å². The monoisotopic (exact) mass is 474 g/mol. The predicted molar refractivity (Wildman–Crippen MR) is 133 cm³/mol. The van der Waals surface area contributed by atoms with Crippen molar-refractivity contribution in [2.24, 2.45) is 0 Å². The van der Waals surface area contributed by atoms with E-state index in [9.17, 15) is 0 Å². The Morgan fingerprint density at radius 2 is 1.50 bits per heavy atom. The molecule has 1 aliphatic heterocycles. The first kappa shape index (κ1) is 24.3. The van der Waals surface area contributed by atoms with E-state index in [4.69, 9.17) is 37.6 Å². The van der Waals surface area contributed by atoms with Gasteiger partial charge in [-0.15, -0.1) is 0 Å². The number of para-hydroxylation sites is 1. The fraction of sp³-hybridized carbons (Fsp3) is 0.417. The van der Waals surface area contributed by atoms with Gasteiger partial charge in [-0.1, -0.05) is 62.2 Å². The molecule has 5 N–H and O–H groups in total. The summed E-state index contributed by atoms with van der Waals surface area (Å²) in [6.07, 6.45) is 3.46. The van der Waals surface area contributed by atoms with Gasteiger partial charge >= 0.3 is 0 Å². The van der Waals surface area contributed by atoms with Crippen LogP contribution in [0.15, 0.2) is 34.1 Å². The maximum Gasteiger partial charge on any atom is 0.151 e. The number of nitrogens with two attached hydrogens (primary N) is 1. The van der Waals surface area contributed by atoms with E-state index in [1.807, 2.05) is 38.1 Å². The minimum absolute atomic E-state index is 0.0824. The number of rotatable bonds is 10. The Morgan fingerprint density at radius 1 is 0.969 bits per heavy atom. The predicted octanol–water partition coefficient (Wildman–Crippen LogP) is 6.46. The van der Waals surface area contributed by atoms with Crippen molar-refractivity contribution in [1.82, 2.24) is 5.32 Å². The molecule has 0 aromatic heterocycles. The topological polar surface area (TPSA) is 104 Å². The lowest BCUT2D eigenvalue weighted by molar-refractivity contribution is 0.198. The minimum atomic E-state index is -0.0883. The van der Waals surface area contributed by atoms with E-state index in [2.05, 4.69) is 19.2 Å². The molecule has 3 rings (SSSR count). The molecule has 0 aliphatic carbocycles. The number of nitrogen functional groups attached to an aromatic ring is 1. The summed E-state index contributed by atoms with van der Waals surface area (Å²) in [5.74, 6) is 1.11. The summed E-state index contributed by atoms with van der Waals surface area (Å²) in [7, 11) is 0.